The van der Waals surface area contributed by atoms with E-state index in [9.17, 15) is 4.79 Å². The highest BCUT2D eigenvalue weighted by molar-refractivity contribution is 5.96. The lowest BCUT2D eigenvalue weighted by Crippen LogP contribution is -2.24. The number of ether oxygens (including phenoxy) is 1. The van der Waals surface area contributed by atoms with Crippen molar-refractivity contribution in [2.45, 2.75) is 40.2 Å². The summed E-state index contributed by atoms with van der Waals surface area (Å²) in [6.07, 6.45) is 0. The van der Waals surface area contributed by atoms with Crippen LogP contribution in [0.2, 0.25) is 0 Å². The van der Waals surface area contributed by atoms with Gasteiger partial charge in [0, 0.05) is 12.2 Å². The third-order valence-electron chi connectivity index (χ3n) is 2.16. The number of hydrogen-bond donors (Lipinski definition) is 1. The lowest BCUT2D eigenvalue weighted by molar-refractivity contribution is 0.00706. The van der Waals surface area contributed by atoms with Gasteiger partial charge in [-0.25, -0.2) is 4.79 Å². The Hall–Kier alpha value is -1.51. The van der Waals surface area contributed by atoms with E-state index in [4.69, 9.17) is 4.74 Å². The van der Waals surface area contributed by atoms with E-state index in [-0.39, 0.29) is 5.97 Å². The van der Waals surface area contributed by atoms with E-state index in [0.29, 0.717) is 5.56 Å². The molecule has 17 heavy (non-hydrogen) atoms. The standard InChI is InChI=1S/C14H21NO2/c1-6-15-12-8-7-10(2)9-11(12)13(16)17-14(3,4)5/h7-9,15H,6H2,1-5H3. The highest BCUT2D eigenvalue weighted by atomic mass is 16.6. The number of esters is 1. The van der Waals surface area contributed by atoms with Crippen LogP contribution < -0.4 is 5.32 Å². The largest absolute Gasteiger partial charge is 0.456 e. The van der Waals surface area contributed by atoms with Crippen LogP contribution in [-0.2, 0) is 4.74 Å². The molecule has 3 nitrogen and oxygen atoms in total. The molecule has 0 aromatic heterocycles. The van der Waals surface area contributed by atoms with Gasteiger partial charge in [-0.3, -0.25) is 0 Å². The zero-order valence-corrected chi connectivity index (χ0v) is 11.3. The fourth-order valence-corrected chi connectivity index (χ4v) is 1.50. The van der Waals surface area contributed by atoms with Crippen molar-refractivity contribution in [2.75, 3.05) is 11.9 Å². The average Bonchev–Trinajstić information content (AvgIpc) is 2.18. The van der Waals surface area contributed by atoms with Gasteiger partial charge in [-0.15, -0.1) is 0 Å². The number of aryl methyl sites for hydroxylation is 1. The van der Waals surface area contributed by atoms with Gasteiger partial charge in [-0.2, -0.15) is 0 Å². The monoisotopic (exact) mass is 235 g/mol. The Balaban J connectivity index is 3.02. The minimum atomic E-state index is -0.468. The SMILES string of the molecule is CCNc1ccc(C)cc1C(=O)OC(C)(C)C. The summed E-state index contributed by atoms with van der Waals surface area (Å²) >= 11 is 0. The normalized spacial score (nSPS) is 11.1. The highest BCUT2D eigenvalue weighted by Crippen LogP contribution is 2.21. The Morgan fingerprint density at radius 3 is 2.53 bits per heavy atom. The van der Waals surface area contributed by atoms with Crippen molar-refractivity contribution in [1.82, 2.24) is 0 Å². The van der Waals surface area contributed by atoms with Gasteiger partial charge in [0.25, 0.3) is 0 Å². The first-order valence-corrected chi connectivity index (χ1v) is 5.91. The number of carbonyl (C=O) groups is 1. The van der Waals surface area contributed by atoms with Gasteiger partial charge in [0.05, 0.1) is 5.56 Å². The van der Waals surface area contributed by atoms with E-state index in [0.717, 1.165) is 17.8 Å². The van der Waals surface area contributed by atoms with Crippen LogP contribution in [0.5, 0.6) is 0 Å². The molecule has 0 amide bonds. The van der Waals surface area contributed by atoms with Crippen LogP contribution in [0.15, 0.2) is 18.2 Å². The van der Waals surface area contributed by atoms with E-state index >= 15 is 0 Å². The van der Waals surface area contributed by atoms with Crippen LogP contribution in [0.25, 0.3) is 0 Å². The molecule has 0 saturated carbocycles. The van der Waals surface area contributed by atoms with Crippen LogP contribution in [0, 0.1) is 6.92 Å². The van der Waals surface area contributed by atoms with Gasteiger partial charge in [-0.05, 0) is 46.8 Å². The molecule has 0 radical (unpaired) electrons. The molecule has 1 aromatic carbocycles. The molecule has 0 aliphatic carbocycles. The Morgan fingerprint density at radius 2 is 2.00 bits per heavy atom. The second-order valence-electron chi connectivity index (χ2n) is 5.08. The minimum absolute atomic E-state index is 0.280. The van der Waals surface area contributed by atoms with Gasteiger partial charge in [0.1, 0.15) is 5.60 Å². The van der Waals surface area contributed by atoms with Crippen molar-refractivity contribution < 1.29 is 9.53 Å². The predicted octanol–water partition coefficient (Wildman–Crippen LogP) is 3.38. The fourth-order valence-electron chi connectivity index (χ4n) is 1.50. The first kappa shape index (κ1) is 13.6. The molecular weight excluding hydrogens is 214 g/mol. The lowest BCUT2D eigenvalue weighted by Gasteiger charge is -2.21. The topological polar surface area (TPSA) is 38.3 Å². The molecule has 0 bridgehead atoms. The van der Waals surface area contributed by atoms with Crippen molar-refractivity contribution in [3.63, 3.8) is 0 Å². The van der Waals surface area contributed by atoms with Crippen molar-refractivity contribution >= 4 is 11.7 Å². The van der Waals surface area contributed by atoms with Crippen molar-refractivity contribution in [2.24, 2.45) is 0 Å². The molecule has 1 aromatic rings. The van der Waals surface area contributed by atoms with E-state index in [1.165, 1.54) is 0 Å². The molecule has 1 N–H and O–H groups in total. The van der Waals surface area contributed by atoms with E-state index in [2.05, 4.69) is 5.32 Å². The number of hydrogen-bond acceptors (Lipinski definition) is 3. The van der Waals surface area contributed by atoms with Crippen LogP contribution >= 0.6 is 0 Å². The molecule has 0 aliphatic rings. The van der Waals surface area contributed by atoms with Crippen molar-refractivity contribution in [1.29, 1.82) is 0 Å². The van der Waals surface area contributed by atoms with Crippen LogP contribution in [0.4, 0.5) is 5.69 Å². The average molecular weight is 235 g/mol. The molecule has 0 heterocycles. The summed E-state index contributed by atoms with van der Waals surface area (Å²) in [5, 5.41) is 3.17. The summed E-state index contributed by atoms with van der Waals surface area (Å²) in [6.45, 7) is 10.3. The first-order chi connectivity index (χ1) is 7.83. The Bertz CT molecular complexity index is 405. The van der Waals surface area contributed by atoms with Gasteiger partial charge in [0.2, 0.25) is 0 Å². The molecule has 0 saturated heterocycles. The van der Waals surface area contributed by atoms with Crippen LogP contribution in [0.1, 0.15) is 43.6 Å². The van der Waals surface area contributed by atoms with Crippen molar-refractivity contribution in [3.05, 3.63) is 29.3 Å². The maximum Gasteiger partial charge on any atom is 0.340 e. The summed E-state index contributed by atoms with van der Waals surface area (Å²) in [6, 6.07) is 5.75. The van der Waals surface area contributed by atoms with E-state index in [1.54, 1.807) is 0 Å². The molecule has 0 fully saturated rings. The molecule has 0 atom stereocenters. The van der Waals surface area contributed by atoms with Gasteiger partial charge >= 0.3 is 5.97 Å². The second kappa shape index (κ2) is 5.21. The zero-order valence-electron chi connectivity index (χ0n) is 11.3. The maximum atomic E-state index is 12.0. The van der Waals surface area contributed by atoms with E-state index in [1.807, 2.05) is 52.8 Å². The van der Waals surface area contributed by atoms with Gasteiger partial charge < -0.3 is 10.1 Å². The van der Waals surface area contributed by atoms with Crippen molar-refractivity contribution in [3.8, 4) is 0 Å². The zero-order chi connectivity index (χ0) is 13.1. The number of nitrogens with one attached hydrogen (secondary N) is 1. The maximum absolute atomic E-state index is 12.0. The quantitative estimate of drug-likeness (QED) is 0.816. The summed E-state index contributed by atoms with van der Waals surface area (Å²) in [4.78, 5) is 12.0. The van der Waals surface area contributed by atoms with Crippen LogP contribution in [-0.4, -0.2) is 18.1 Å². The van der Waals surface area contributed by atoms with Crippen LogP contribution in [0.3, 0.4) is 0 Å². The fraction of sp³-hybridized carbons (Fsp3) is 0.500. The highest BCUT2D eigenvalue weighted by Gasteiger charge is 2.20. The molecule has 0 unspecified atom stereocenters. The Morgan fingerprint density at radius 1 is 1.35 bits per heavy atom. The number of rotatable bonds is 3. The smallest absolute Gasteiger partial charge is 0.340 e. The minimum Gasteiger partial charge on any atom is -0.456 e. The Labute approximate surface area is 103 Å². The Kier molecular flexibility index (Phi) is 4.16. The summed E-state index contributed by atoms with van der Waals surface area (Å²) in [5.74, 6) is -0.280. The summed E-state index contributed by atoms with van der Waals surface area (Å²) < 4.78 is 5.39. The van der Waals surface area contributed by atoms with Gasteiger partial charge in [0.15, 0.2) is 0 Å². The number of benzene rings is 1. The predicted molar refractivity (Wildman–Crippen MR) is 70.5 cm³/mol. The molecule has 94 valence electrons. The third kappa shape index (κ3) is 4.10. The molecule has 1 rings (SSSR count). The molecule has 0 aliphatic heterocycles. The third-order valence-corrected chi connectivity index (χ3v) is 2.16. The summed E-state index contributed by atoms with van der Waals surface area (Å²) in [7, 11) is 0. The molecule has 3 heteroatoms. The number of anilines is 1. The molecule has 0 spiro atoms. The number of carbonyl (C=O) groups excluding carboxylic acids is 1. The second-order valence-corrected chi connectivity index (χ2v) is 5.08. The lowest BCUT2D eigenvalue weighted by atomic mass is 10.1. The van der Waals surface area contributed by atoms with E-state index < -0.39 is 5.60 Å². The summed E-state index contributed by atoms with van der Waals surface area (Å²) in [5.41, 5.74) is 2.01. The van der Waals surface area contributed by atoms with Gasteiger partial charge in [-0.1, -0.05) is 11.6 Å². The molecular formula is C14H21NO2. The first-order valence-electron chi connectivity index (χ1n) is 5.91.